The number of hydrogen-bond donors (Lipinski definition) is 0. The number of hydrogen-bond acceptors (Lipinski definition) is 7. The zero-order chi connectivity index (χ0) is 21.4. The lowest BCUT2D eigenvalue weighted by atomic mass is 10.0. The summed E-state index contributed by atoms with van der Waals surface area (Å²) in [6.07, 6.45) is 0.626. The maximum Gasteiger partial charge on any atom is 0.288 e. The van der Waals surface area contributed by atoms with Crippen LogP contribution in [-0.2, 0) is 13.0 Å². The highest BCUT2D eigenvalue weighted by Gasteiger charge is 2.29. The number of likely N-dealkylation sites (N-methyl/N-ethyl adjacent to an activating group) is 1. The summed E-state index contributed by atoms with van der Waals surface area (Å²) < 4.78 is 0. The average molecular weight is 431 g/mol. The van der Waals surface area contributed by atoms with E-state index in [1.165, 1.54) is 18.2 Å². The number of nitro groups is 1. The van der Waals surface area contributed by atoms with Crippen molar-refractivity contribution in [1.82, 2.24) is 19.8 Å². The Kier molecular flexibility index (Phi) is 5.57. The monoisotopic (exact) mass is 430 g/mol. The maximum absolute atomic E-state index is 13.1. The first kappa shape index (κ1) is 20.5. The van der Waals surface area contributed by atoms with Crippen LogP contribution in [0.4, 0.5) is 11.5 Å². The largest absolute Gasteiger partial charge is 0.354 e. The van der Waals surface area contributed by atoms with Gasteiger partial charge in [-0.25, -0.2) is 9.97 Å². The molecule has 1 saturated heterocycles. The molecular weight excluding hydrogens is 408 g/mol. The van der Waals surface area contributed by atoms with Crippen molar-refractivity contribution in [3.05, 3.63) is 56.0 Å². The summed E-state index contributed by atoms with van der Waals surface area (Å²) in [6, 6.07) is 4.17. The zero-order valence-electron chi connectivity index (χ0n) is 17.0. The number of piperazine rings is 1. The van der Waals surface area contributed by atoms with Gasteiger partial charge in [0.2, 0.25) is 0 Å². The lowest BCUT2D eigenvalue weighted by Gasteiger charge is -2.37. The van der Waals surface area contributed by atoms with Crippen molar-refractivity contribution in [2.24, 2.45) is 0 Å². The van der Waals surface area contributed by atoms with Crippen molar-refractivity contribution in [2.45, 2.75) is 19.9 Å². The minimum Gasteiger partial charge on any atom is -0.354 e. The lowest BCUT2D eigenvalue weighted by Crippen LogP contribution is -2.46. The molecule has 2 aliphatic rings. The molecule has 2 aromatic rings. The van der Waals surface area contributed by atoms with Gasteiger partial charge in [-0.3, -0.25) is 14.9 Å². The van der Waals surface area contributed by atoms with Gasteiger partial charge in [-0.1, -0.05) is 11.6 Å². The minimum absolute atomic E-state index is 0.0155. The number of amides is 1. The normalized spacial score (nSPS) is 17.0. The van der Waals surface area contributed by atoms with Gasteiger partial charge >= 0.3 is 0 Å². The number of fused-ring (bicyclic) bond motifs is 1. The van der Waals surface area contributed by atoms with E-state index in [2.05, 4.69) is 21.8 Å². The van der Waals surface area contributed by atoms with Crippen molar-refractivity contribution < 1.29 is 9.72 Å². The van der Waals surface area contributed by atoms with Crippen molar-refractivity contribution in [1.29, 1.82) is 0 Å². The van der Waals surface area contributed by atoms with Gasteiger partial charge in [0.25, 0.3) is 11.6 Å². The predicted octanol–water partition coefficient (Wildman–Crippen LogP) is 2.30. The van der Waals surface area contributed by atoms with Crippen LogP contribution in [0.5, 0.6) is 0 Å². The summed E-state index contributed by atoms with van der Waals surface area (Å²) in [5.41, 5.74) is 1.93. The van der Waals surface area contributed by atoms with E-state index in [4.69, 9.17) is 16.6 Å². The van der Waals surface area contributed by atoms with Crippen molar-refractivity contribution in [3.63, 3.8) is 0 Å². The highest BCUT2D eigenvalue weighted by molar-refractivity contribution is 6.32. The minimum atomic E-state index is -0.577. The second-order valence-corrected chi connectivity index (χ2v) is 8.12. The van der Waals surface area contributed by atoms with Crippen LogP contribution in [0, 0.1) is 17.0 Å². The highest BCUT2D eigenvalue weighted by Crippen LogP contribution is 2.30. The summed E-state index contributed by atoms with van der Waals surface area (Å²) in [6.45, 7) is 6.43. The Morgan fingerprint density at radius 3 is 2.60 bits per heavy atom. The van der Waals surface area contributed by atoms with E-state index in [1.54, 1.807) is 4.90 Å². The van der Waals surface area contributed by atoms with Gasteiger partial charge in [-0.05, 0) is 26.1 Å². The fourth-order valence-corrected chi connectivity index (χ4v) is 4.13. The SMILES string of the molecule is Cc1nc2c(c(N3CCN(C)CC3)n1)CN(C(=O)c1ccc(Cl)c([N+](=O)[O-])c1)CC2. The molecule has 0 spiro atoms. The van der Waals surface area contributed by atoms with Gasteiger partial charge in [0.05, 0.1) is 17.2 Å². The quantitative estimate of drug-likeness (QED) is 0.544. The number of aryl methyl sites for hydroxylation is 1. The first-order valence-electron chi connectivity index (χ1n) is 9.86. The number of rotatable bonds is 3. The van der Waals surface area contributed by atoms with E-state index in [0.29, 0.717) is 19.5 Å². The first-order valence-corrected chi connectivity index (χ1v) is 10.2. The molecule has 2 aliphatic heterocycles. The number of benzene rings is 1. The molecule has 0 aliphatic carbocycles. The second kappa shape index (κ2) is 8.16. The average Bonchev–Trinajstić information content (AvgIpc) is 2.73. The molecule has 0 N–H and O–H groups in total. The van der Waals surface area contributed by atoms with Crippen LogP contribution in [0.3, 0.4) is 0 Å². The van der Waals surface area contributed by atoms with E-state index in [9.17, 15) is 14.9 Å². The summed E-state index contributed by atoms with van der Waals surface area (Å²) in [5.74, 6) is 1.37. The molecule has 1 aromatic carbocycles. The standard InChI is InChI=1S/C20H23ClN6O3/c1-13-22-17-5-6-26(20(28)14-3-4-16(21)18(11-14)27(29)30)12-15(17)19(23-13)25-9-7-24(2)8-10-25/h3-4,11H,5-10,12H2,1-2H3. The lowest BCUT2D eigenvalue weighted by molar-refractivity contribution is -0.384. The molecular formula is C20H23ClN6O3. The topological polar surface area (TPSA) is 95.7 Å². The van der Waals surface area contributed by atoms with Crippen LogP contribution in [-0.4, -0.2) is 70.4 Å². The van der Waals surface area contributed by atoms with Gasteiger partial charge in [0.1, 0.15) is 16.7 Å². The van der Waals surface area contributed by atoms with Gasteiger partial charge in [-0.2, -0.15) is 0 Å². The van der Waals surface area contributed by atoms with E-state index in [1.807, 2.05) is 6.92 Å². The molecule has 1 amide bonds. The van der Waals surface area contributed by atoms with Gasteiger partial charge in [0, 0.05) is 56.3 Å². The highest BCUT2D eigenvalue weighted by atomic mass is 35.5. The molecule has 1 aromatic heterocycles. The number of carbonyl (C=O) groups excluding carboxylic acids is 1. The van der Waals surface area contributed by atoms with E-state index in [0.717, 1.165) is 49.1 Å². The molecule has 30 heavy (non-hydrogen) atoms. The van der Waals surface area contributed by atoms with Gasteiger partial charge in [-0.15, -0.1) is 0 Å². The molecule has 3 heterocycles. The first-order chi connectivity index (χ1) is 14.3. The van der Waals surface area contributed by atoms with Gasteiger partial charge < -0.3 is 14.7 Å². The molecule has 0 unspecified atom stereocenters. The number of halogens is 1. The zero-order valence-corrected chi connectivity index (χ0v) is 17.7. The van der Waals surface area contributed by atoms with Gasteiger partial charge in [0.15, 0.2) is 0 Å². The van der Waals surface area contributed by atoms with Crippen molar-refractivity contribution in [2.75, 3.05) is 44.7 Å². The second-order valence-electron chi connectivity index (χ2n) is 7.71. The van der Waals surface area contributed by atoms with E-state index < -0.39 is 4.92 Å². The Labute approximate surface area is 179 Å². The van der Waals surface area contributed by atoms with E-state index >= 15 is 0 Å². The number of nitro benzene ring substituents is 1. The number of anilines is 1. The molecule has 9 nitrogen and oxygen atoms in total. The third kappa shape index (κ3) is 3.95. The van der Waals surface area contributed by atoms with Crippen molar-refractivity contribution >= 4 is 29.0 Å². The third-order valence-corrected chi connectivity index (χ3v) is 5.95. The van der Waals surface area contributed by atoms with Crippen LogP contribution >= 0.6 is 11.6 Å². The number of carbonyl (C=O) groups is 1. The Hall–Kier alpha value is -2.78. The van der Waals surface area contributed by atoms with Crippen LogP contribution in [0.25, 0.3) is 0 Å². The Morgan fingerprint density at radius 2 is 1.90 bits per heavy atom. The summed E-state index contributed by atoms with van der Waals surface area (Å²) >= 11 is 5.89. The van der Waals surface area contributed by atoms with Crippen LogP contribution in [0.15, 0.2) is 18.2 Å². The molecule has 0 atom stereocenters. The molecule has 0 radical (unpaired) electrons. The van der Waals surface area contributed by atoms with Crippen LogP contribution < -0.4 is 4.90 Å². The molecule has 10 heteroatoms. The number of aromatic nitrogens is 2. The molecule has 1 fully saturated rings. The summed E-state index contributed by atoms with van der Waals surface area (Å²) in [7, 11) is 2.10. The Morgan fingerprint density at radius 1 is 1.17 bits per heavy atom. The molecule has 4 rings (SSSR count). The number of nitrogens with zero attached hydrogens (tertiary/aromatic N) is 6. The van der Waals surface area contributed by atoms with Crippen LogP contribution in [0.1, 0.15) is 27.4 Å². The molecule has 0 saturated carbocycles. The molecule has 0 bridgehead atoms. The smallest absolute Gasteiger partial charge is 0.288 e. The van der Waals surface area contributed by atoms with Crippen molar-refractivity contribution in [3.8, 4) is 0 Å². The van der Waals surface area contributed by atoms with Crippen LogP contribution in [0.2, 0.25) is 5.02 Å². The summed E-state index contributed by atoms with van der Waals surface area (Å²) in [4.78, 5) is 39.2. The fourth-order valence-electron chi connectivity index (χ4n) is 3.94. The van der Waals surface area contributed by atoms with E-state index in [-0.39, 0.29) is 22.2 Å². The third-order valence-electron chi connectivity index (χ3n) is 5.63. The maximum atomic E-state index is 13.1. The predicted molar refractivity (Wildman–Crippen MR) is 113 cm³/mol. The summed E-state index contributed by atoms with van der Waals surface area (Å²) in [5, 5.41) is 11.2. The Bertz CT molecular complexity index is 1010. The Balaban J connectivity index is 1.62. The molecule has 158 valence electrons. The fraction of sp³-hybridized carbons (Fsp3) is 0.450.